The summed E-state index contributed by atoms with van der Waals surface area (Å²) in [7, 11) is 0. The first-order valence-electron chi connectivity index (χ1n) is 4.75. The van der Waals surface area contributed by atoms with Gasteiger partial charge in [-0.2, -0.15) is 5.26 Å². The molecule has 5 heteroatoms. The molecule has 0 fully saturated rings. The van der Waals surface area contributed by atoms with Crippen LogP contribution in [0.4, 0.5) is 0 Å². The summed E-state index contributed by atoms with van der Waals surface area (Å²) >= 11 is 3.19. The molecule has 0 aliphatic rings. The highest BCUT2D eigenvalue weighted by atomic mass is 79.9. The zero-order valence-electron chi connectivity index (χ0n) is 9.12. The maximum Gasteiger partial charge on any atom is 0.252 e. The van der Waals surface area contributed by atoms with Crippen LogP contribution < -0.4 is 5.32 Å². The molecule has 0 radical (unpaired) electrons. The van der Waals surface area contributed by atoms with Crippen LogP contribution in [0.2, 0.25) is 0 Å². The summed E-state index contributed by atoms with van der Waals surface area (Å²) in [6.07, 6.45) is 1.48. The van der Waals surface area contributed by atoms with E-state index >= 15 is 0 Å². The lowest BCUT2D eigenvalue weighted by molar-refractivity contribution is 0.0943. The number of rotatable bonds is 3. The van der Waals surface area contributed by atoms with Crippen molar-refractivity contribution in [3.05, 3.63) is 28.5 Å². The van der Waals surface area contributed by atoms with E-state index in [1.54, 1.807) is 26.0 Å². The van der Waals surface area contributed by atoms with Crippen molar-refractivity contribution in [1.29, 1.82) is 5.26 Å². The number of hydrogen-bond donors (Lipinski definition) is 1. The fourth-order valence-electron chi connectivity index (χ4n) is 0.953. The van der Waals surface area contributed by atoms with Gasteiger partial charge >= 0.3 is 0 Å². The van der Waals surface area contributed by atoms with Crippen LogP contribution >= 0.6 is 15.9 Å². The third-order valence-corrected chi connectivity index (χ3v) is 2.45. The average Bonchev–Trinajstić information content (AvgIpc) is 2.27. The summed E-state index contributed by atoms with van der Waals surface area (Å²) in [5.41, 5.74) is -0.0738. The first-order chi connectivity index (χ1) is 7.44. The molecule has 1 amide bonds. The van der Waals surface area contributed by atoms with Gasteiger partial charge in [-0.05, 0) is 41.9 Å². The maximum atomic E-state index is 11.6. The third kappa shape index (κ3) is 3.63. The van der Waals surface area contributed by atoms with Crippen LogP contribution in [0.15, 0.2) is 22.9 Å². The fraction of sp³-hybridized carbons (Fsp3) is 0.364. The lowest BCUT2D eigenvalue weighted by Crippen LogP contribution is -2.33. The summed E-state index contributed by atoms with van der Waals surface area (Å²) in [6, 6.07) is 5.49. The molecule has 0 bridgehead atoms. The van der Waals surface area contributed by atoms with Crippen LogP contribution in [-0.2, 0) is 0 Å². The van der Waals surface area contributed by atoms with E-state index in [0.717, 1.165) is 0 Å². The Morgan fingerprint density at radius 1 is 1.62 bits per heavy atom. The number of aromatic nitrogens is 1. The van der Waals surface area contributed by atoms with Gasteiger partial charge in [0.25, 0.3) is 5.91 Å². The zero-order chi connectivity index (χ0) is 12.2. The molecule has 0 saturated heterocycles. The number of amides is 1. The number of pyridine rings is 1. The standard InChI is InChI=1S/C11H12BrN3O/c1-11(2,6-13)7-15-10(16)8-3-4-9(12)14-5-8/h3-5H,7H2,1-2H3,(H,15,16). The minimum atomic E-state index is -0.557. The average molecular weight is 282 g/mol. The molecule has 0 aliphatic heterocycles. The normalized spacial score (nSPS) is 10.6. The van der Waals surface area contributed by atoms with Crippen molar-refractivity contribution in [3.63, 3.8) is 0 Å². The molecule has 1 aromatic rings. The molecular formula is C11H12BrN3O. The molecule has 0 aliphatic carbocycles. The minimum absolute atomic E-state index is 0.219. The predicted octanol–water partition coefficient (Wildman–Crippen LogP) is 2.12. The van der Waals surface area contributed by atoms with Gasteiger partial charge in [-0.25, -0.2) is 4.98 Å². The molecule has 1 rings (SSSR count). The Labute approximate surface area is 103 Å². The lowest BCUT2D eigenvalue weighted by Gasteiger charge is -2.15. The van der Waals surface area contributed by atoms with Gasteiger partial charge in [-0.3, -0.25) is 4.79 Å². The quantitative estimate of drug-likeness (QED) is 0.863. The van der Waals surface area contributed by atoms with E-state index in [1.807, 2.05) is 0 Å². The number of hydrogen-bond acceptors (Lipinski definition) is 3. The highest BCUT2D eigenvalue weighted by Crippen LogP contribution is 2.11. The van der Waals surface area contributed by atoms with Crippen LogP contribution in [0.5, 0.6) is 0 Å². The van der Waals surface area contributed by atoms with Gasteiger partial charge in [0.05, 0.1) is 17.0 Å². The molecule has 0 unspecified atom stereocenters. The second-order valence-electron chi connectivity index (χ2n) is 4.05. The number of carbonyl (C=O) groups is 1. The van der Waals surface area contributed by atoms with Crippen molar-refractivity contribution >= 4 is 21.8 Å². The Morgan fingerprint density at radius 3 is 2.81 bits per heavy atom. The Kier molecular flexibility index (Phi) is 4.02. The maximum absolute atomic E-state index is 11.6. The summed E-state index contributed by atoms with van der Waals surface area (Å²) in [5, 5.41) is 11.5. The number of carbonyl (C=O) groups excluding carboxylic acids is 1. The topological polar surface area (TPSA) is 65.8 Å². The summed E-state index contributed by atoms with van der Waals surface area (Å²) in [4.78, 5) is 15.6. The number of nitrogens with zero attached hydrogens (tertiary/aromatic N) is 2. The summed E-state index contributed by atoms with van der Waals surface area (Å²) in [5.74, 6) is -0.219. The van der Waals surface area contributed by atoms with Crippen molar-refractivity contribution in [1.82, 2.24) is 10.3 Å². The molecule has 0 aromatic carbocycles. The van der Waals surface area contributed by atoms with Gasteiger partial charge < -0.3 is 5.32 Å². The van der Waals surface area contributed by atoms with E-state index in [1.165, 1.54) is 6.20 Å². The van der Waals surface area contributed by atoms with Gasteiger partial charge in [-0.15, -0.1) is 0 Å². The number of nitriles is 1. The van der Waals surface area contributed by atoms with Crippen molar-refractivity contribution in [2.24, 2.45) is 5.41 Å². The van der Waals surface area contributed by atoms with Crippen molar-refractivity contribution in [2.45, 2.75) is 13.8 Å². The van der Waals surface area contributed by atoms with Gasteiger partial charge in [0.15, 0.2) is 0 Å². The summed E-state index contributed by atoms with van der Waals surface area (Å²) < 4.78 is 0.682. The molecule has 1 heterocycles. The Hall–Kier alpha value is -1.41. The molecule has 16 heavy (non-hydrogen) atoms. The van der Waals surface area contributed by atoms with E-state index in [2.05, 4.69) is 32.3 Å². The molecule has 1 aromatic heterocycles. The van der Waals surface area contributed by atoms with Gasteiger partial charge in [-0.1, -0.05) is 0 Å². The van der Waals surface area contributed by atoms with Crippen LogP contribution in [0.1, 0.15) is 24.2 Å². The molecule has 1 N–H and O–H groups in total. The Morgan fingerprint density at radius 2 is 2.31 bits per heavy atom. The first-order valence-corrected chi connectivity index (χ1v) is 5.55. The lowest BCUT2D eigenvalue weighted by atomic mass is 9.96. The molecule has 0 spiro atoms. The van der Waals surface area contributed by atoms with Crippen LogP contribution in [0.3, 0.4) is 0 Å². The van der Waals surface area contributed by atoms with Crippen molar-refractivity contribution in [3.8, 4) is 6.07 Å². The SMILES string of the molecule is CC(C)(C#N)CNC(=O)c1ccc(Br)nc1. The molecule has 4 nitrogen and oxygen atoms in total. The molecule has 0 saturated carbocycles. The highest BCUT2D eigenvalue weighted by molar-refractivity contribution is 9.10. The van der Waals surface area contributed by atoms with E-state index in [0.29, 0.717) is 16.7 Å². The van der Waals surface area contributed by atoms with Crippen molar-refractivity contribution in [2.75, 3.05) is 6.54 Å². The summed E-state index contributed by atoms with van der Waals surface area (Å²) in [6.45, 7) is 3.86. The second kappa shape index (κ2) is 5.08. The van der Waals surface area contributed by atoms with E-state index < -0.39 is 5.41 Å². The van der Waals surface area contributed by atoms with Gasteiger partial charge in [0, 0.05) is 12.7 Å². The number of nitrogens with one attached hydrogen (secondary N) is 1. The van der Waals surface area contributed by atoms with Crippen LogP contribution in [-0.4, -0.2) is 17.4 Å². The first kappa shape index (κ1) is 12.7. The Bertz CT molecular complexity index is 420. The Balaban J connectivity index is 2.61. The van der Waals surface area contributed by atoms with Gasteiger partial charge in [0.2, 0.25) is 0 Å². The van der Waals surface area contributed by atoms with Crippen molar-refractivity contribution < 1.29 is 4.79 Å². The second-order valence-corrected chi connectivity index (χ2v) is 4.86. The smallest absolute Gasteiger partial charge is 0.252 e. The molecular weight excluding hydrogens is 270 g/mol. The molecule has 0 atom stereocenters. The zero-order valence-corrected chi connectivity index (χ0v) is 10.7. The van der Waals surface area contributed by atoms with E-state index in [-0.39, 0.29) is 5.91 Å². The minimum Gasteiger partial charge on any atom is -0.350 e. The van der Waals surface area contributed by atoms with Gasteiger partial charge in [0.1, 0.15) is 4.60 Å². The third-order valence-electron chi connectivity index (χ3n) is 1.98. The highest BCUT2D eigenvalue weighted by Gasteiger charge is 2.18. The largest absolute Gasteiger partial charge is 0.350 e. The number of halogens is 1. The fourth-order valence-corrected chi connectivity index (χ4v) is 1.19. The van der Waals surface area contributed by atoms with Crippen LogP contribution in [0, 0.1) is 16.7 Å². The van der Waals surface area contributed by atoms with E-state index in [4.69, 9.17) is 5.26 Å². The molecule has 84 valence electrons. The van der Waals surface area contributed by atoms with E-state index in [9.17, 15) is 4.79 Å². The monoisotopic (exact) mass is 281 g/mol. The van der Waals surface area contributed by atoms with Crippen LogP contribution in [0.25, 0.3) is 0 Å². The predicted molar refractivity (Wildman–Crippen MR) is 63.7 cm³/mol.